The second kappa shape index (κ2) is 9.56. The van der Waals surface area contributed by atoms with Crippen molar-refractivity contribution in [3.8, 4) is 17.2 Å². The molecule has 29 heavy (non-hydrogen) atoms. The first-order chi connectivity index (χ1) is 13.9. The van der Waals surface area contributed by atoms with Crippen molar-refractivity contribution >= 4 is 56.5 Å². The van der Waals surface area contributed by atoms with Crippen molar-refractivity contribution in [2.75, 3.05) is 19.8 Å². The molecular weight excluding hydrogens is 482 g/mol. The number of imide groups is 1. The fourth-order valence-corrected chi connectivity index (χ4v) is 4.02. The van der Waals surface area contributed by atoms with Crippen LogP contribution in [0.4, 0.5) is 4.79 Å². The third-order valence-electron chi connectivity index (χ3n) is 3.92. The molecule has 9 heteroatoms. The number of hydrogen-bond donors (Lipinski definition) is 1. The van der Waals surface area contributed by atoms with Crippen molar-refractivity contribution in [3.05, 3.63) is 56.4 Å². The highest BCUT2D eigenvalue weighted by atomic mass is 79.9. The Morgan fingerprint density at radius 1 is 1.21 bits per heavy atom. The quantitative estimate of drug-likeness (QED) is 0.521. The lowest BCUT2D eigenvalue weighted by Crippen LogP contribution is -2.32. The first-order valence-corrected chi connectivity index (χ1v) is 10.7. The normalized spacial score (nSPS) is 15.3. The molecule has 2 aromatic carbocycles. The highest BCUT2D eigenvalue weighted by Crippen LogP contribution is 2.38. The number of ether oxygens (including phenoxy) is 2. The van der Waals surface area contributed by atoms with E-state index in [1.165, 1.54) is 0 Å². The van der Waals surface area contributed by atoms with Crippen molar-refractivity contribution in [3.63, 3.8) is 0 Å². The van der Waals surface area contributed by atoms with E-state index >= 15 is 0 Å². The van der Waals surface area contributed by atoms with E-state index in [1.54, 1.807) is 49.4 Å². The number of carbonyl (C=O) groups excluding carboxylic acids is 2. The van der Waals surface area contributed by atoms with Gasteiger partial charge >= 0.3 is 0 Å². The predicted molar refractivity (Wildman–Crippen MR) is 117 cm³/mol. The summed E-state index contributed by atoms with van der Waals surface area (Å²) in [5.74, 6) is 0.497. The first kappa shape index (κ1) is 21.5. The van der Waals surface area contributed by atoms with Crippen LogP contribution >= 0.6 is 39.3 Å². The van der Waals surface area contributed by atoms with Crippen LogP contribution in [0.15, 0.2) is 45.8 Å². The van der Waals surface area contributed by atoms with E-state index in [0.29, 0.717) is 38.1 Å². The first-order valence-electron chi connectivity index (χ1n) is 8.68. The minimum Gasteiger partial charge on any atom is -0.503 e. The molecule has 1 heterocycles. The van der Waals surface area contributed by atoms with Crippen LogP contribution in [0.25, 0.3) is 6.08 Å². The Balaban J connectivity index is 1.69. The molecule has 1 saturated heterocycles. The molecule has 2 amide bonds. The molecule has 2 aromatic rings. The van der Waals surface area contributed by atoms with Crippen molar-refractivity contribution in [1.82, 2.24) is 4.90 Å². The number of nitrogens with zero attached hydrogens (tertiary/aromatic N) is 1. The van der Waals surface area contributed by atoms with E-state index in [1.807, 2.05) is 0 Å². The smallest absolute Gasteiger partial charge is 0.293 e. The monoisotopic (exact) mass is 497 g/mol. The number of hydrogen-bond acceptors (Lipinski definition) is 6. The lowest BCUT2D eigenvalue weighted by molar-refractivity contribution is -0.123. The third-order valence-corrected chi connectivity index (χ3v) is 5.68. The molecule has 3 rings (SSSR count). The van der Waals surface area contributed by atoms with E-state index < -0.39 is 0 Å². The lowest BCUT2D eigenvalue weighted by Gasteiger charge is -2.13. The van der Waals surface area contributed by atoms with Gasteiger partial charge in [-0.15, -0.1) is 0 Å². The standard InChI is InChI=1S/C20H17BrClNO5S/c1-2-27-16-10-12(9-15(21)18(16)24)11-17-19(25)23(20(26)29-17)7-8-28-14-5-3-13(22)4-6-14/h3-6,9-11,24H,2,7-8H2,1H3/b17-11-. The maximum Gasteiger partial charge on any atom is 0.293 e. The van der Waals surface area contributed by atoms with Crippen molar-refractivity contribution in [1.29, 1.82) is 0 Å². The van der Waals surface area contributed by atoms with Gasteiger partial charge in [-0.05, 0) is 82.7 Å². The summed E-state index contributed by atoms with van der Waals surface area (Å²) in [6.45, 7) is 2.49. The number of carbonyl (C=O) groups is 2. The maximum absolute atomic E-state index is 12.6. The van der Waals surface area contributed by atoms with Crippen LogP contribution in [0.5, 0.6) is 17.2 Å². The third kappa shape index (κ3) is 5.26. The van der Waals surface area contributed by atoms with E-state index in [4.69, 9.17) is 21.1 Å². The van der Waals surface area contributed by atoms with Crippen molar-refractivity contribution < 1.29 is 24.2 Å². The molecule has 1 N–H and O–H groups in total. The number of phenolic OH excluding ortho intramolecular Hbond substituents is 1. The number of aromatic hydroxyl groups is 1. The number of benzene rings is 2. The van der Waals surface area contributed by atoms with Gasteiger partial charge in [0.15, 0.2) is 11.5 Å². The molecule has 0 spiro atoms. The highest BCUT2D eigenvalue weighted by molar-refractivity contribution is 9.10. The maximum atomic E-state index is 12.6. The van der Waals surface area contributed by atoms with Crippen molar-refractivity contribution in [2.24, 2.45) is 0 Å². The summed E-state index contributed by atoms with van der Waals surface area (Å²) in [4.78, 5) is 26.3. The van der Waals surface area contributed by atoms with Crippen LogP contribution in [-0.4, -0.2) is 40.9 Å². The number of amides is 2. The summed E-state index contributed by atoms with van der Waals surface area (Å²) in [6.07, 6.45) is 1.59. The Bertz CT molecular complexity index is 964. The molecule has 0 bridgehead atoms. The predicted octanol–water partition coefficient (Wildman–Crippen LogP) is 5.32. The van der Waals surface area contributed by atoms with Crippen LogP contribution in [0, 0.1) is 0 Å². The number of rotatable bonds is 7. The number of phenols is 1. The summed E-state index contributed by atoms with van der Waals surface area (Å²) >= 11 is 9.95. The number of thioether (sulfide) groups is 1. The molecule has 1 fully saturated rings. The van der Waals surface area contributed by atoms with E-state index in [-0.39, 0.29) is 30.0 Å². The SMILES string of the molecule is CCOc1cc(/C=C2\SC(=O)N(CCOc3ccc(Cl)cc3)C2=O)cc(Br)c1O. The zero-order valence-corrected chi connectivity index (χ0v) is 18.5. The molecule has 0 aliphatic carbocycles. The molecule has 0 unspecified atom stereocenters. The molecule has 1 aliphatic rings. The summed E-state index contributed by atoms with van der Waals surface area (Å²) < 4.78 is 11.4. The molecular formula is C20H17BrClNO5S. The Morgan fingerprint density at radius 3 is 2.62 bits per heavy atom. The zero-order valence-electron chi connectivity index (χ0n) is 15.4. The fraction of sp³-hybridized carbons (Fsp3) is 0.200. The van der Waals surface area contributed by atoms with Crippen LogP contribution in [0.1, 0.15) is 12.5 Å². The topological polar surface area (TPSA) is 76.1 Å². The van der Waals surface area contributed by atoms with Crippen LogP contribution < -0.4 is 9.47 Å². The Morgan fingerprint density at radius 2 is 1.93 bits per heavy atom. The minimum atomic E-state index is -0.387. The van der Waals surface area contributed by atoms with Crippen LogP contribution in [-0.2, 0) is 4.79 Å². The molecule has 6 nitrogen and oxygen atoms in total. The average Bonchev–Trinajstić information content (AvgIpc) is 2.94. The van der Waals surface area contributed by atoms with Crippen molar-refractivity contribution in [2.45, 2.75) is 6.92 Å². The summed E-state index contributed by atoms with van der Waals surface area (Å²) in [5, 5.41) is 10.2. The molecule has 0 aromatic heterocycles. The summed E-state index contributed by atoms with van der Waals surface area (Å²) in [7, 11) is 0. The fourth-order valence-electron chi connectivity index (χ4n) is 2.57. The molecule has 152 valence electrons. The van der Waals surface area contributed by atoms with Crippen LogP contribution in [0.3, 0.4) is 0 Å². The van der Waals surface area contributed by atoms with Crippen LogP contribution in [0.2, 0.25) is 5.02 Å². The average molecular weight is 499 g/mol. The molecule has 1 aliphatic heterocycles. The van der Waals surface area contributed by atoms with Gasteiger partial charge in [-0.2, -0.15) is 0 Å². The van der Waals surface area contributed by atoms with Gasteiger partial charge in [0.2, 0.25) is 0 Å². The van der Waals surface area contributed by atoms with E-state index in [9.17, 15) is 14.7 Å². The molecule has 0 atom stereocenters. The second-order valence-corrected chi connectivity index (χ2v) is 8.20. The zero-order chi connectivity index (χ0) is 21.0. The van der Waals surface area contributed by atoms with Gasteiger partial charge in [0.1, 0.15) is 12.4 Å². The van der Waals surface area contributed by atoms with Gasteiger partial charge in [-0.3, -0.25) is 14.5 Å². The van der Waals surface area contributed by atoms with Gasteiger partial charge in [-0.1, -0.05) is 11.6 Å². The lowest BCUT2D eigenvalue weighted by atomic mass is 10.2. The molecule has 0 radical (unpaired) electrons. The van der Waals surface area contributed by atoms with Gasteiger partial charge in [-0.25, -0.2) is 0 Å². The Labute approximate surface area is 185 Å². The van der Waals surface area contributed by atoms with Gasteiger partial charge in [0, 0.05) is 5.02 Å². The summed E-state index contributed by atoms with van der Waals surface area (Å²) in [6, 6.07) is 10.1. The van der Waals surface area contributed by atoms with Gasteiger partial charge in [0.25, 0.3) is 11.1 Å². The molecule has 0 saturated carbocycles. The summed E-state index contributed by atoms with van der Waals surface area (Å²) in [5.41, 5.74) is 0.626. The Kier molecular flexibility index (Phi) is 7.10. The number of halogens is 2. The minimum absolute atomic E-state index is 0.0172. The Hall–Kier alpha value is -2.16. The van der Waals surface area contributed by atoms with Gasteiger partial charge in [0.05, 0.1) is 22.5 Å². The largest absolute Gasteiger partial charge is 0.503 e. The van der Waals surface area contributed by atoms with Gasteiger partial charge < -0.3 is 14.6 Å². The van der Waals surface area contributed by atoms with E-state index in [2.05, 4.69) is 15.9 Å². The second-order valence-electron chi connectivity index (χ2n) is 5.92. The highest BCUT2D eigenvalue weighted by Gasteiger charge is 2.34. The van der Waals surface area contributed by atoms with E-state index in [0.717, 1.165) is 16.7 Å².